The molecule has 0 rings (SSSR count). The van der Waals surface area contributed by atoms with Crippen LogP contribution in [0.2, 0.25) is 0 Å². The molecular weight excluding hydrogens is 124 g/mol. The van der Waals surface area contributed by atoms with Gasteiger partial charge >= 0.3 is 0 Å². The molecule has 1 unspecified atom stereocenters. The van der Waals surface area contributed by atoms with E-state index in [0.717, 1.165) is 0 Å². The van der Waals surface area contributed by atoms with E-state index in [2.05, 4.69) is 11.4 Å². The lowest BCUT2D eigenvalue weighted by molar-refractivity contribution is 0.849. The minimum atomic E-state index is -0.188. The topological polar surface area (TPSA) is 28.1 Å². The van der Waals surface area contributed by atoms with Crippen molar-refractivity contribution in [3.63, 3.8) is 0 Å². The van der Waals surface area contributed by atoms with Gasteiger partial charge in [-0.15, -0.1) is 6.58 Å². The minimum absolute atomic E-state index is 0.188. The molecule has 0 spiro atoms. The summed E-state index contributed by atoms with van der Waals surface area (Å²) in [5, 5.41) is 8.43. The van der Waals surface area contributed by atoms with Crippen molar-refractivity contribution in [1.29, 1.82) is 5.26 Å². The highest BCUT2D eigenvalue weighted by Crippen LogP contribution is 2.03. The maximum Gasteiger partial charge on any atom is 0.151 e. The van der Waals surface area contributed by atoms with Crippen molar-refractivity contribution in [2.45, 2.75) is 6.42 Å². The minimum Gasteiger partial charge on any atom is -0.246 e. The van der Waals surface area contributed by atoms with Crippen LogP contribution in [-0.2, 0) is 0 Å². The van der Waals surface area contributed by atoms with E-state index in [4.69, 9.17) is 11.8 Å². The SMILES string of the molecule is [C-]#[N+]/C=C/C(C#N)CC=C. The van der Waals surface area contributed by atoms with E-state index in [9.17, 15) is 0 Å². The number of hydrogen-bond acceptors (Lipinski definition) is 1. The molecule has 10 heavy (non-hydrogen) atoms. The molecule has 0 bridgehead atoms. The van der Waals surface area contributed by atoms with Crippen LogP contribution in [0.25, 0.3) is 4.85 Å². The van der Waals surface area contributed by atoms with Gasteiger partial charge in [-0.2, -0.15) is 5.26 Å². The Hall–Kier alpha value is -1.54. The zero-order valence-corrected chi connectivity index (χ0v) is 5.62. The van der Waals surface area contributed by atoms with E-state index >= 15 is 0 Å². The van der Waals surface area contributed by atoms with Crippen LogP contribution in [0.5, 0.6) is 0 Å². The second-order valence-electron chi connectivity index (χ2n) is 1.73. The lowest BCUT2D eigenvalue weighted by Crippen LogP contribution is -1.87. The van der Waals surface area contributed by atoms with Crippen LogP contribution in [0.3, 0.4) is 0 Å². The molecule has 0 aromatic carbocycles. The van der Waals surface area contributed by atoms with Gasteiger partial charge in [0, 0.05) is 0 Å². The highest BCUT2D eigenvalue weighted by molar-refractivity contribution is 5.04. The third-order valence-electron chi connectivity index (χ3n) is 0.979. The molecule has 0 aromatic rings. The van der Waals surface area contributed by atoms with Crippen LogP contribution in [-0.4, -0.2) is 0 Å². The van der Waals surface area contributed by atoms with Crippen molar-refractivity contribution >= 4 is 0 Å². The van der Waals surface area contributed by atoms with Gasteiger partial charge in [0.2, 0.25) is 0 Å². The quantitative estimate of drug-likeness (QED) is 0.427. The van der Waals surface area contributed by atoms with Crippen LogP contribution < -0.4 is 0 Å². The molecule has 0 aromatic heterocycles. The lowest BCUT2D eigenvalue weighted by atomic mass is 10.1. The smallest absolute Gasteiger partial charge is 0.151 e. The lowest BCUT2D eigenvalue weighted by Gasteiger charge is -1.93. The first-order chi connectivity index (χ1) is 4.85. The van der Waals surface area contributed by atoms with Gasteiger partial charge in [-0.25, -0.2) is 4.85 Å². The Kier molecular flexibility index (Phi) is 4.73. The molecule has 1 atom stereocenters. The highest BCUT2D eigenvalue weighted by atomic mass is 14.6. The summed E-state index contributed by atoms with van der Waals surface area (Å²) in [6.07, 6.45) is 5.16. The Morgan fingerprint density at radius 2 is 2.50 bits per heavy atom. The van der Waals surface area contributed by atoms with Crippen molar-refractivity contribution in [3.05, 3.63) is 36.3 Å². The van der Waals surface area contributed by atoms with E-state index in [1.165, 1.54) is 6.20 Å². The zero-order chi connectivity index (χ0) is 7.82. The van der Waals surface area contributed by atoms with E-state index in [0.29, 0.717) is 6.42 Å². The molecular formula is C8H8N2. The van der Waals surface area contributed by atoms with Gasteiger partial charge in [0.1, 0.15) is 0 Å². The van der Waals surface area contributed by atoms with Crippen LogP contribution >= 0.6 is 0 Å². The van der Waals surface area contributed by atoms with Gasteiger partial charge < -0.3 is 0 Å². The first-order valence-electron chi connectivity index (χ1n) is 2.89. The monoisotopic (exact) mass is 132 g/mol. The van der Waals surface area contributed by atoms with Crippen molar-refractivity contribution in [3.8, 4) is 6.07 Å². The molecule has 2 nitrogen and oxygen atoms in total. The molecule has 0 saturated heterocycles. The Bertz CT molecular complexity index is 202. The third-order valence-corrected chi connectivity index (χ3v) is 0.979. The molecule has 0 amide bonds. The van der Waals surface area contributed by atoms with E-state index in [-0.39, 0.29) is 5.92 Å². The summed E-state index contributed by atoms with van der Waals surface area (Å²) in [6.45, 7) is 9.90. The molecule has 0 aliphatic carbocycles. The average molecular weight is 132 g/mol. The zero-order valence-electron chi connectivity index (χ0n) is 5.62. The predicted molar refractivity (Wildman–Crippen MR) is 39.7 cm³/mol. The number of nitrogens with zero attached hydrogens (tertiary/aromatic N) is 2. The van der Waals surface area contributed by atoms with Gasteiger partial charge in [-0.05, 0) is 6.42 Å². The number of hydrogen-bond donors (Lipinski definition) is 0. The van der Waals surface area contributed by atoms with Gasteiger partial charge in [0.15, 0.2) is 6.20 Å². The fraction of sp³-hybridized carbons (Fsp3) is 0.250. The number of allylic oxidation sites excluding steroid dienone is 2. The normalized spacial score (nSPS) is 11.8. The van der Waals surface area contributed by atoms with Gasteiger partial charge in [-0.3, -0.25) is 0 Å². The van der Waals surface area contributed by atoms with Crippen LogP contribution in [0.4, 0.5) is 0 Å². The molecule has 0 N–H and O–H groups in total. The molecule has 0 aliphatic heterocycles. The first kappa shape index (κ1) is 8.46. The van der Waals surface area contributed by atoms with Crippen molar-refractivity contribution < 1.29 is 0 Å². The van der Waals surface area contributed by atoms with Crippen LogP contribution in [0.15, 0.2) is 24.9 Å². The summed E-state index contributed by atoms with van der Waals surface area (Å²) in [5.74, 6) is -0.188. The largest absolute Gasteiger partial charge is 0.246 e. The molecule has 2 heteroatoms. The van der Waals surface area contributed by atoms with Crippen molar-refractivity contribution in [2.24, 2.45) is 5.92 Å². The molecule has 0 heterocycles. The molecule has 50 valence electrons. The van der Waals surface area contributed by atoms with Gasteiger partial charge in [-0.1, -0.05) is 12.2 Å². The van der Waals surface area contributed by atoms with E-state index < -0.39 is 0 Å². The maximum atomic E-state index is 8.43. The fourth-order valence-electron chi connectivity index (χ4n) is 0.501. The summed E-state index contributed by atoms with van der Waals surface area (Å²) in [5.41, 5.74) is 0. The summed E-state index contributed by atoms with van der Waals surface area (Å²) >= 11 is 0. The maximum absolute atomic E-state index is 8.43. The molecule has 0 aliphatic rings. The summed E-state index contributed by atoms with van der Waals surface area (Å²) in [7, 11) is 0. The highest BCUT2D eigenvalue weighted by Gasteiger charge is 1.96. The fourth-order valence-corrected chi connectivity index (χ4v) is 0.501. The summed E-state index contributed by atoms with van der Waals surface area (Å²) in [4.78, 5) is 2.99. The van der Waals surface area contributed by atoms with Crippen LogP contribution in [0, 0.1) is 23.8 Å². The standard InChI is InChI=1S/C8H8N2/c1-3-4-8(7-9)5-6-10-2/h3,5-6,8H,1,4H2/b6-5+. The molecule has 0 saturated carbocycles. The predicted octanol–water partition coefficient (Wildman–Crippen LogP) is 2.14. The van der Waals surface area contributed by atoms with Gasteiger partial charge in [0.05, 0.1) is 18.6 Å². The Labute approximate surface area is 60.9 Å². The van der Waals surface area contributed by atoms with Crippen molar-refractivity contribution in [1.82, 2.24) is 0 Å². The Balaban J connectivity index is 3.88. The van der Waals surface area contributed by atoms with Crippen LogP contribution in [0.1, 0.15) is 6.42 Å². The first-order valence-corrected chi connectivity index (χ1v) is 2.89. The average Bonchev–Trinajstić information content (AvgIpc) is 1.98. The van der Waals surface area contributed by atoms with Gasteiger partial charge in [0.25, 0.3) is 0 Å². The summed E-state index contributed by atoms with van der Waals surface area (Å²) < 4.78 is 0. The second kappa shape index (κ2) is 5.59. The molecule has 0 radical (unpaired) electrons. The third kappa shape index (κ3) is 3.46. The summed E-state index contributed by atoms with van der Waals surface area (Å²) in [6, 6.07) is 2.04. The second-order valence-corrected chi connectivity index (χ2v) is 1.73. The van der Waals surface area contributed by atoms with Crippen molar-refractivity contribution in [2.75, 3.05) is 0 Å². The Morgan fingerprint density at radius 1 is 1.80 bits per heavy atom. The molecule has 0 fully saturated rings. The number of nitriles is 1. The van der Waals surface area contributed by atoms with E-state index in [1.807, 2.05) is 6.07 Å². The number of rotatable bonds is 3. The van der Waals surface area contributed by atoms with E-state index in [1.54, 1.807) is 12.2 Å². The Morgan fingerprint density at radius 3 is 2.90 bits per heavy atom.